The summed E-state index contributed by atoms with van der Waals surface area (Å²) in [6.45, 7) is 6.89. The highest BCUT2D eigenvalue weighted by atomic mass is 32.1. The van der Waals surface area contributed by atoms with Crippen molar-refractivity contribution in [2.45, 2.75) is 13.8 Å². The Morgan fingerprint density at radius 2 is 2.05 bits per heavy atom. The summed E-state index contributed by atoms with van der Waals surface area (Å²) in [4.78, 5) is 22.8. The van der Waals surface area contributed by atoms with Crippen LogP contribution in [0.3, 0.4) is 0 Å². The molecule has 5 nitrogen and oxygen atoms in total. The Bertz CT molecular complexity index is 598. The summed E-state index contributed by atoms with van der Waals surface area (Å²) in [5, 5.41) is 5.44. The summed E-state index contributed by atoms with van der Waals surface area (Å²) in [7, 11) is 0. The van der Waals surface area contributed by atoms with E-state index in [4.69, 9.17) is 17.0 Å². The van der Waals surface area contributed by atoms with Crippen molar-refractivity contribution in [1.82, 2.24) is 10.6 Å². The zero-order valence-electron chi connectivity index (χ0n) is 11.8. The fourth-order valence-electron chi connectivity index (χ4n) is 1.28. The third-order valence-electron chi connectivity index (χ3n) is 2.24. The number of amides is 1. The Labute approximate surface area is 128 Å². The normalized spacial score (nSPS) is 17.4. The molecule has 0 saturated carbocycles. The number of esters is 1. The summed E-state index contributed by atoms with van der Waals surface area (Å²) in [5.41, 5.74) is 0.674. The SMILES string of the molecule is C=C(C)C(=O)OC(/C=C\C)=C/C=C/C=C1/NC(=S)NC1=O. The molecule has 1 rings (SSSR count). The molecule has 21 heavy (non-hydrogen) atoms. The molecule has 1 aliphatic rings. The third kappa shape index (κ3) is 5.58. The lowest BCUT2D eigenvalue weighted by Crippen LogP contribution is -2.21. The van der Waals surface area contributed by atoms with E-state index in [0.717, 1.165) is 0 Å². The Morgan fingerprint density at radius 1 is 1.33 bits per heavy atom. The van der Waals surface area contributed by atoms with Gasteiger partial charge in [0, 0.05) is 5.57 Å². The van der Waals surface area contributed by atoms with E-state index in [1.807, 2.05) is 6.92 Å². The fraction of sp³-hybridized carbons (Fsp3) is 0.133. The number of ether oxygens (including phenoxy) is 1. The predicted molar refractivity (Wildman–Crippen MR) is 84.9 cm³/mol. The Hall–Kier alpha value is -2.47. The van der Waals surface area contributed by atoms with E-state index in [-0.39, 0.29) is 11.0 Å². The minimum atomic E-state index is -0.492. The van der Waals surface area contributed by atoms with Gasteiger partial charge in [-0.15, -0.1) is 0 Å². The van der Waals surface area contributed by atoms with Crippen LogP contribution in [0.5, 0.6) is 0 Å². The van der Waals surface area contributed by atoms with Gasteiger partial charge in [0.15, 0.2) is 5.11 Å². The molecular weight excluding hydrogens is 288 g/mol. The number of rotatable bonds is 5. The van der Waals surface area contributed by atoms with Crippen LogP contribution in [0.1, 0.15) is 13.8 Å². The Balaban J connectivity index is 2.74. The summed E-state index contributed by atoms with van der Waals surface area (Å²) in [6.07, 6.45) is 9.84. The van der Waals surface area contributed by atoms with Crippen molar-refractivity contribution in [3.05, 3.63) is 60.1 Å². The lowest BCUT2D eigenvalue weighted by atomic mass is 10.3. The molecule has 0 aliphatic carbocycles. The molecule has 0 aromatic rings. The van der Waals surface area contributed by atoms with Crippen LogP contribution in [0.2, 0.25) is 0 Å². The van der Waals surface area contributed by atoms with Gasteiger partial charge in [-0.1, -0.05) is 24.8 Å². The molecular formula is C15H16N2O3S. The van der Waals surface area contributed by atoms with Crippen molar-refractivity contribution < 1.29 is 14.3 Å². The maximum Gasteiger partial charge on any atom is 0.338 e. The largest absolute Gasteiger partial charge is 0.423 e. The van der Waals surface area contributed by atoms with E-state index >= 15 is 0 Å². The van der Waals surface area contributed by atoms with Crippen molar-refractivity contribution in [3.8, 4) is 0 Å². The molecule has 2 N–H and O–H groups in total. The monoisotopic (exact) mass is 304 g/mol. The summed E-state index contributed by atoms with van der Waals surface area (Å²) in [6, 6.07) is 0. The molecule has 6 heteroatoms. The molecule has 1 amide bonds. The van der Waals surface area contributed by atoms with Crippen LogP contribution in [0.4, 0.5) is 0 Å². The number of hydrogen-bond acceptors (Lipinski definition) is 4. The van der Waals surface area contributed by atoms with Gasteiger partial charge in [-0.3, -0.25) is 10.1 Å². The minimum Gasteiger partial charge on any atom is -0.423 e. The van der Waals surface area contributed by atoms with Gasteiger partial charge in [0.05, 0.1) is 0 Å². The molecule has 0 spiro atoms. The van der Waals surface area contributed by atoms with Gasteiger partial charge < -0.3 is 10.1 Å². The highest BCUT2D eigenvalue weighted by Gasteiger charge is 2.18. The molecule has 1 saturated heterocycles. The molecule has 0 aromatic carbocycles. The molecule has 1 fully saturated rings. The van der Waals surface area contributed by atoms with E-state index in [0.29, 0.717) is 17.0 Å². The van der Waals surface area contributed by atoms with Gasteiger partial charge in [0.2, 0.25) is 0 Å². The quantitative estimate of drug-likeness (QED) is 0.267. The predicted octanol–water partition coefficient (Wildman–Crippen LogP) is 2.01. The van der Waals surface area contributed by atoms with E-state index in [9.17, 15) is 9.59 Å². The number of nitrogens with one attached hydrogen (secondary N) is 2. The first-order chi connectivity index (χ1) is 9.93. The number of carbonyl (C=O) groups excluding carboxylic acids is 2. The third-order valence-corrected chi connectivity index (χ3v) is 2.45. The maximum absolute atomic E-state index is 11.4. The Kier molecular flexibility index (Phi) is 6.29. The van der Waals surface area contributed by atoms with Gasteiger partial charge in [-0.05, 0) is 44.3 Å². The lowest BCUT2D eigenvalue weighted by Gasteiger charge is -2.03. The first-order valence-corrected chi connectivity index (χ1v) is 6.56. The van der Waals surface area contributed by atoms with Crippen LogP contribution in [0.15, 0.2) is 60.1 Å². The molecule has 0 radical (unpaired) electrons. The number of carbonyl (C=O) groups is 2. The van der Waals surface area contributed by atoms with Gasteiger partial charge in [0.1, 0.15) is 11.5 Å². The van der Waals surface area contributed by atoms with Crippen molar-refractivity contribution in [2.75, 3.05) is 0 Å². The molecule has 0 unspecified atom stereocenters. The smallest absolute Gasteiger partial charge is 0.338 e. The molecule has 1 heterocycles. The van der Waals surface area contributed by atoms with E-state index in [1.165, 1.54) is 0 Å². The van der Waals surface area contributed by atoms with Crippen LogP contribution in [-0.2, 0) is 14.3 Å². The van der Waals surface area contributed by atoms with Crippen LogP contribution < -0.4 is 10.6 Å². The number of allylic oxidation sites excluding steroid dienone is 6. The lowest BCUT2D eigenvalue weighted by molar-refractivity contribution is -0.134. The van der Waals surface area contributed by atoms with E-state index in [1.54, 1.807) is 43.4 Å². The van der Waals surface area contributed by atoms with Gasteiger partial charge in [-0.25, -0.2) is 4.79 Å². The summed E-state index contributed by atoms with van der Waals surface area (Å²) < 4.78 is 5.11. The van der Waals surface area contributed by atoms with Crippen molar-refractivity contribution in [1.29, 1.82) is 0 Å². The first-order valence-electron chi connectivity index (χ1n) is 6.15. The first kappa shape index (κ1) is 16.6. The second-order valence-electron chi connectivity index (χ2n) is 4.11. The van der Waals surface area contributed by atoms with Crippen LogP contribution in [0.25, 0.3) is 0 Å². The second-order valence-corrected chi connectivity index (χ2v) is 4.52. The van der Waals surface area contributed by atoms with E-state index < -0.39 is 5.97 Å². The van der Waals surface area contributed by atoms with Crippen molar-refractivity contribution in [3.63, 3.8) is 0 Å². The average Bonchev–Trinajstić information content (AvgIpc) is 2.73. The molecule has 0 atom stereocenters. The number of thiocarbonyl (C=S) groups is 1. The zero-order valence-corrected chi connectivity index (χ0v) is 12.6. The van der Waals surface area contributed by atoms with Gasteiger partial charge in [-0.2, -0.15) is 0 Å². The van der Waals surface area contributed by atoms with Crippen LogP contribution >= 0.6 is 12.2 Å². The maximum atomic E-state index is 11.4. The molecule has 0 aromatic heterocycles. The zero-order chi connectivity index (χ0) is 15.8. The standard InChI is InChI=1S/C15H16N2O3S/c1-4-7-11(20-14(19)10(2)3)8-5-6-9-12-13(18)17-15(21)16-12/h4-9H,2H2,1,3H3,(H2,16,17,18,21)/b6-5+,7-4-,11-8+,12-9+. The van der Waals surface area contributed by atoms with Crippen molar-refractivity contribution in [2.24, 2.45) is 0 Å². The Morgan fingerprint density at radius 3 is 2.57 bits per heavy atom. The van der Waals surface area contributed by atoms with Crippen LogP contribution in [-0.4, -0.2) is 17.0 Å². The van der Waals surface area contributed by atoms with Gasteiger partial charge >= 0.3 is 5.97 Å². The van der Waals surface area contributed by atoms with E-state index in [2.05, 4.69) is 17.2 Å². The van der Waals surface area contributed by atoms with Crippen LogP contribution in [0, 0.1) is 0 Å². The highest BCUT2D eigenvalue weighted by molar-refractivity contribution is 7.80. The summed E-state index contributed by atoms with van der Waals surface area (Å²) >= 11 is 4.81. The molecule has 110 valence electrons. The fourth-order valence-corrected chi connectivity index (χ4v) is 1.48. The molecule has 1 aliphatic heterocycles. The second kappa shape index (κ2) is 7.96. The highest BCUT2D eigenvalue weighted by Crippen LogP contribution is 2.05. The topological polar surface area (TPSA) is 67.4 Å². The number of hydrogen-bond donors (Lipinski definition) is 2. The summed E-state index contributed by atoms with van der Waals surface area (Å²) in [5.74, 6) is -0.399. The van der Waals surface area contributed by atoms with Crippen molar-refractivity contribution >= 4 is 29.2 Å². The average molecular weight is 304 g/mol. The minimum absolute atomic E-state index is 0.278. The molecule has 0 bridgehead atoms. The van der Waals surface area contributed by atoms with Gasteiger partial charge in [0.25, 0.3) is 5.91 Å².